The average molecular weight is 391 g/mol. The highest BCUT2D eigenvalue weighted by molar-refractivity contribution is 5.47. The van der Waals surface area contributed by atoms with E-state index in [1.807, 2.05) is 12.1 Å². The summed E-state index contributed by atoms with van der Waals surface area (Å²) in [5.41, 5.74) is 1.16. The van der Waals surface area contributed by atoms with Gasteiger partial charge in [-0.3, -0.25) is 4.90 Å². The molecule has 3 fully saturated rings. The molecule has 1 N–H and O–H groups in total. The molecule has 0 unspecified atom stereocenters. The van der Waals surface area contributed by atoms with Crippen molar-refractivity contribution >= 4 is 5.69 Å². The topological polar surface area (TPSA) is 35.9 Å². The number of aliphatic hydroxyl groups excluding tert-OH is 1. The number of nitrogens with zero attached hydrogens (tertiary/aromatic N) is 2. The highest BCUT2D eigenvalue weighted by atomic mass is 19.1. The van der Waals surface area contributed by atoms with Gasteiger partial charge in [-0.1, -0.05) is 32.9 Å². The van der Waals surface area contributed by atoms with Crippen molar-refractivity contribution in [2.24, 2.45) is 16.7 Å². The van der Waals surface area contributed by atoms with Crippen LogP contribution in [-0.4, -0.2) is 61.5 Å². The van der Waals surface area contributed by atoms with E-state index in [2.05, 4.69) is 30.6 Å². The van der Waals surface area contributed by atoms with E-state index in [-0.39, 0.29) is 22.8 Å². The molecule has 1 aromatic rings. The molecule has 0 aromatic heterocycles. The van der Waals surface area contributed by atoms with E-state index in [0.717, 1.165) is 32.1 Å². The van der Waals surface area contributed by atoms with Gasteiger partial charge in [0.15, 0.2) is 0 Å². The SMILES string of the molecule is CC1(C)[C@H]2CC[C@](C)(C2)[C@@H]1OC[C@@H](O)CN1CCN(c2ccccc2F)CC1. The van der Waals surface area contributed by atoms with Crippen LogP contribution in [0, 0.1) is 22.6 Å². The third kappa shape index (κ3) is 3.69. The van der Waals surface area contributed by atoms with E-state index in [1.54, 1.807) is 6.07 Å². The number of ether oxygens (including phenoxy) is 1. The van der Waals surface area contributed by atoms with E-state index < -0.39 is 6.10 Å². The van der Waals surface area contributed by atoms with Gasteiger partial charge in [0.1, 0.15) is 5.82 Å². The van der Waals surface area contributed by atoms with Crippen molar-refractivity contribution < 1.29 is 14.2 Å². The molecular weight excluding hydrogens is 355 g/mol. The van der Waals surface area contributed by atoms with Gasteiger partial charge in [-0.05, 0) is 48.1 Å². The second-order valence-electron chi connectivity index (χ2n) is 10.0. The van der Waals surface area contributed by atoms with E-state index >= 15 is 0 Å². The van der Waals surface area contributed by atoms with Crippen molar-refractivity contribution in [3.63, 3.8) is 0 Å². The molecule has 4 nitrogen and oxygen atoms in total. The van der Waals surface area contributed by atoms with Crippen LogP contribution in [0.25, 0.3) is 0 Å². The molecule has 2 bridgehead atoms. The van der Waals surface area contributed by atoms with Crippen LogP contribution in [0.1, 0.15) is 40.0 Å². The number of hydrogen-bond donors (Lipinski definition) is 1. The molecule has 1 aliphatic heterocycles. The van der Waals surface area contributed by atoms with E-state index in [9.17, 15) is 9.50 Å². The summed E-state index contributed by atoms with van der Waals surface area (Å²) in [6.45, 7) is 11.3. The summed E-state index contributed by atoms with van der Waals surface area (Å²) in [4.78, 5) is 4.35. The fourth-order valence-electron chi connectivity index (χ4n) is 6.11. The Morgan fingerprint density at radius 1 is 1.18 bits per heavy atom. The van der Waals surface area contributed by atoms with Crippen LogP contribution in [0.5, 0.6) is 0 Å². The zero-order valence-electron chi connectivity index (χ0n) is 17.5. The predicted octanol–water partition coefficient (Wildman–Crippen LogP) is 3.54. The highest BCUT2D eigenvalue weighted by Crippen LogP contribution is 2.63. The number of β-amino-alcohol motifs (C(OH)–C–C–N with tert-alkyl or cyclic N) is 1. The van der Waals surface area contributed by atoms with E-state index in [0.29, 0.717) is 18.8 Å². The highest BCUT2D eigenvalue weighted by Gasteiger charge is 2.60. The monoisotopic (exact) mass is 390 g/mol. The Balaban J connectivity index is 1.24. The maximum Gasteiger partial charge on any atom is 0.146 e. The standard InChI is InChI=1S/C23H35FN2O2/c1-22(2)17-8-9-23(3,14-17)21(22)28-16-18(27)15-25-10-12-26(13-11-25)20-7-5-4-6-19(20)24/h4-7,17-18,21,27H,8-16H2,1-3H3/t17-,18-,21+,23+/m0/s1. The van der Waals surface area contributed by atoms with Crippen LogP contribution >= 0.6 is 0 Å². The molecule has 5 heteroatoms. The Hall–Kier alpha value is -1.17. The van der Waals surface area contributed by atoms with Crippen LogP contribution in [0.15, 0.2) is 24.3 Å². The molecule has 4 atom stereocenters. The minimum absolute atomic E-state index is 0.161. The number of benzene rings is 1. The fourth-order valence-corrected chi connectivity index (χ4v) is 6.11. The number of rotatable bonds is 6. The minimum atomic E-state index is -0.474. The van der Waals surface area contributed by atoms with Gasteiger partial charge in [0.2, 0.25) is 0 Å². The van der Waals surface area contributed by atoms with E-state index in [4.69, 9.17) is 4.74 Å². The molecule has 0 spiro atoms. The van der Waals surface area contributed by atoms with Crippen molar-refractivity contribution in [1.29, 1.82) is 0 Å². The lowest BCUT2D eigenvalue weighted by molar-refractivity contribution is -0.113. The van der Waals surface area contributed by atoms with Crippen molar-refractivity contribution in [3.8, 4) is 0 Å². The van der Waals surface area contributed by atoms with Gasteiger partial charge in [0.25, 0.3) is 0 Å². The number of fused-ring (bicyclic) bond motifs is 2. The third-order valence-corrected chi connectivity index (χ3v) is 7.63. The van der Waals surface area contributed by atoms with Crippen molar-refractivity contribution in [3.05, 3.63) is 30.1 Å². The van der Waals surface area contributed by atoms with Crippen molar-refractivity contribution in [2.45, 2.75) is 52.2 Å². The second kappa shape index (κ2) is 7.58. The minimum Gasteiger partial charge on any atom is -0.389 e. The number of aliphatic hydroxyl groups is 1. The molecule has 2 aliphatic carbocycles. The molecule has 0 radical (unpaired) electrons. The van der Waals surface area contributed by atoms with E-state index in [1.165, 1.54) is 25.3 Å². The van der Waals surface area contributed by atoms with Gasteiger partial charge in [0.05, 0.1) is 24.5 Å². The lowest BCUT2D eigenvalue weighted by Gasteiger charge is -2.43. The molecule has 28 heavy (non-hydrogen) atoms. The first-order valence-corrected chi connectivity index (χ1v) is 10.8. The molecule has 1 saturated heterocycles. The lowest BCUT2D eigenvalue weighted by atomic mass is 9.70. The quantitative estimate of drug-likeness (QED) is 0.806. The van der Waals surface area contributed by atoms with Gasteiger partial charge in [-0.25, -0.2) is 4.39 Å². The number of anilines is 1. The Morgan fingerprint density at radius 2 is 1.89 bits per heavy atom. The zero-order valence-corrected chi connectivity index (χ0v) is 17.5. The van der Waals surface area contributed by atoms with Gasteiger partial charge in [-0.15, -0.1) is 0 Å². The molecule has 0 amide bonds. The summed E-state index contributed by atoms with van der Waals surface area (Å²) < 4.78 is 20.3. The summed E-state index contributed by atoms with van der Waals surface area (Å²) in [6.07, 6.45) is 3.60. The molecule has 3 aliphatic rings. The van der Waals surface area contributed by atoms with Gasteiger partial charge >= 0.3 is 0 Å². The number of piperazine rings is 1. The maximum absolute atomic E-state index is 14.0. The maximum atomic E-state index is 14.0. The van der Waals surface area contributed by atoms with Crippen LogP contribution in [0.4, 0.5) is 10.1 Å². The lowest BCUT2D eigenvalue weighted by Crippen LogP contribution is -2.50. The molecule has 1 aromatic carbocycles. The second-order valence-corrected chi connectivity index (χ2v) is 10.0. The average Bonchev–Trinajstić information content (AvgIpc) is 3.14. The van der Waals surface area contributed by atoms with Gasteiger partial charge in [0, 0.05) is 32.7 Å². The first-order chi connectivity index (χ1) is 13.3. The van der Waals surface area contributed by atoms with Crippen LogP contribution in [0.2, 0.25) is 0 Å². The van der Waals surface area contributed by atoms with Crippen LogP contribution < -0.4 is 4.90 Å². The molecule has 1 heterocycles. The van der Waals surface area contributed by atoms with Crippen LogP contribution in [-0.2, 0) is 4.74 Å². The van der Waals surface area contributed by atoms with Gasteiger partial charge in [-0.2, -0.15) is 0 Å². The normalized spacial score (nSPS) is 33.4. The number of halogens is 1. The first-order valence-electron chi connectivity index (χ1n) is 10.8. The Labute approximate surface area is 168 Å². The van der Waals surface area contributed by atoms with Crippen molar-refractivity contribution in [2.75, 3.05) is 44.2 Å². The third-order valence-electron chi connectivity index (χ3n) is 7.63. The smallest absolute Gasteiger partial charge is 0.146 e. The molecule has 4 rings (SSSR count). The number of para-hydroxylation sites is 1. The number of hydrogen-bond acceptors (Lipinski definition) is 4. The van der Waals surface area contributed by atoms with Crippen molar-refractivity contribution in [1.82, 2.24) is 4.90 Å². The van der Waals surface area contributed by atoms with Gasteiger partial charge < -0.3 is 14.7 Å². The fraction of sp³-hybridized carbons (Fsp3) is 0.739. The molecular formula is C23H35FN2O2. The summed E-state index contributed by atoms with van der Waals surface area (Å²) >= 11 is 0. The zero-order chi connectivity index (χ0) is 19.9. The largest absolute Gasteiger partial charge is 0.389 e. The first kappa shape index (κ1) is 20.1. The van der Waals surface area contributed by atoms with Crippen LogP contribution in [0.3, 0.4) is 0 Å². The Morgan fingerprint density at radius 3 is 2.54 bits per heavy atom. The predicted molar refractivity (Wildman–Crippen MR) is 110 cm³/mol. The molecule has 2 saturated carbocycles. The Bertz CT molecular complexity index is 684. The molecule has 156 valence electrons. The summed E-state index contributed by atoms with van der Waals surface area (Å²) in [5, 5.41) is 10.6. The summed E-state index contributed by atoms with van der Waals surface area (Å²) in [6, 6.07) is 6.96. The summed E-state index contributed by atoms with van der Waals surface area (Å²) in [5.74, 6) is 0.595. The summed E-state index contributed by atoms with van der Waals surface area (Å²) in [7, 11) is 0. The Kier molecular flexibility index (Phi) is 5.45.